The first-order valence-corrected chi connectivity index (χ1v) is 6.05. The molecule has 0 radical (unpaired) electrons. The molecule has 0 aromatic rings. The molecular formula is C9H12Cl2O2PTi. The van der Waals surface area contributed by atoms with E-state index in [1.54, 1.807) is 6.92 Å². The molecule has 0 aromatic carbocycles. The van der Waals surface area contributed by atoms with Gasteiger partial charge in [0.15, 0.2) is 0 Å². The van der Waals surface area contributed by atoms with Crippen LogP contribution in [0.25, 0.3) is 0 Å². The van der Waals surface area contributed by atoms with E-state index in [1.807, 2.05) is 41.2 Å². The quantitative estimate of drug-likeness (QED) is 0.385. The molecule has 0 spiro atoms. The molecule has 2 nitrogen and oxygen atoms in total. The van der Waals surface area contributed by atoms with Gasteiger partial charge in [-0.15, -0.1) is 0 Å². The zero-order valence-corrected chi connectivity index (χ0v) is 13.0. The third kappa shape index (κ3) is 2.51. The summed E-state index contributed by atoms with van der Waals surface area (Å²) in [7, 11) is -2.43. The van der Waals surface area contributed by atoms with Crippen LogP contribution in [0.5, 0.6) is 0 Å². The Bertz CT molecular complexity index is 365. The van der Waals surface area contributed by atoms with Crippen molar-refractivity contribution in [3.8, 4) is 0 Å². The van der Waals surface area contributed by atoms with Crippen LogP contribution in [-0.2, 0) is 29.6 Å². The van der Waals surface area contributed by atoms with Gasteiger partial charge in [-0.1, -0.05) is 0 Å². The van der Waals surface area contributed by atoms with Gasteiger partial charge in [-0.3, -0.25) is 0 Å². The van der Waals surface area contributed by atoms with Crippen molar-refractivity contribution < 1.29 is 54.4 Å². The maximum atomic E-state index is 11.2. The molecule has 0 aromatic heterocycles. The van der Waals surface area contributed by atoms with E-state index < -0.39 is 12.8 Å². The first-order valence-electron chi connectivity index (χ1n) is 4.09. The van der Waals surface area contributed by atoms with Crippen molar-refractivity contribution in [1.29, 1.82) is 0 Å². The number of allylic oxidation sites excluding steroid dienone is 4. The van der Waals surface area contributed by atoms with E-state index in [-0.39, 0.29) is 24.8 Å². The van der Waals surface area contributed by atoms with Gasteiger partial charge >= 0.3 is 90.7 Å². The van der Waals surface area contributed by atoms with Gasteiger partial charge in [-0.25, -0.2) is 0 Å². The Balaban J connectivity index is 0. The predicted octanol–water partition coefficient (Wildman–Crippen LogP) is -2.90. The van der Waals surface area contributed by atoms with E-state index in [9.17, 15) is 9.13 Å². The molecule has 1 rings (SSSR count). The number of halogens is 2. The minimum absolute atomic E-state index is 0. The standard InChI is InChI=1S/C9H12O2P.2ClH.Ti/c1-6-5-9(4,12(10)11)8(3)7(6)2;;;/h1-4H3;2*1H;/q;;;+2/p-2. The second kappa shape index (κ2) is 5.84. The summed E-state index contributed by atoms with van der Waals surface area (Å²) in [5.74, 6) is 0. The first-order chi connectivity index (χ1) is 5.83. The van der Waals surface area contributed by atoms with Crippen molar-refractivity contribution in [2.75, 3.05) is 0 Å². The summed E-state index contributed by atoms with van der Waals surface area (Å²) in [6, 6.07) is 0. The van der Waals surface area contributed by atoms with Crippen LogP contribution in [0.1, 0.15) is 27.7 Å². The molecule has 0 heterocycles. The molecular weight excluding hydrogens is 290 g/mol. The van der Waals surface area contributed by atoms with Gasteiger partial charge in [0.1, 0.15) is 0 Å². The molecule has 0 saturated carbocycles. The fourth-order valence-corrected chi connectivity index (χ4v) is 3.42. The van der Waals surface area contributed by atoms with E-state index >= 15 is 0 Å². The summed E-state index contributed by atoms with van der Waals surface area (Å²) >= 11 is 1.90. The third-order valence-corrected chi connectivity index (χ3v) is 6.07. The molecule has 1 atom stereocenters. The third-order valence-electron chi connectivity index (χ3n) is 3.08. The molecule has 6 heteroatoms. The van der Waals surface area contributed by atoms with Crippen molar-refractivity contribution in [2.24, 2.45) is 0 Å². The van der Waals surface area contributed by atoms with Gasteiger partial charge in [0.05, 0.1) is 0 Å². The van der Waals surface area contributed by atoms with Crippen LogP contribution >= 0.6 is 7.68 Å². The second-order valence-corrected chi connectivity index (χ2v) is 5.77. The fourth-order valence-electron chi connectivity index (χ4n) is 1.61. The first kappa shape index (κ1) is 18.1. The van der Waals surface area contributed by atoms with E-state index in [0.29, 0.717) is 0 Å². The molecule has 15 heavy (non-hydrogen) atoms. The molecule has 0 N–H and O–H groups in total. The van der Waals surface area contributed by atoms with Crippen molar-refractivity contribution in [1.82, 2.24) is 0 Å². The monoisotopic (exact) mass is 301 g/mol. The van der Waals surface area contributed by atoms with Crippen molar-refractivity contribution in [3.63, 3.8) is 0 Å². The fraction of sp³-hybridized carbons (Fsp3) is 0.556. The van der Waals surface area contributed by atoms with E-state index in [1.165, 1.54) is 0 Å². The van der Waals surface area contributed by atoms with Crippen LogP contribution in [0.4, 0.5) is 0 Å². The van der Waals surface area contributed by atoms with Crippen LogP contribution in [0, 0.1) is 0 Å². The number of hydrogen-bond acceptors (Lipinski definition) is 2. The summed E-state index contributed by atoms with van der Waals surface area (Å²) in [5, 5.41) is -0.733. The Morgan fingerprint density at radius 2 is 1.47 bits per heavy atom. The van der Waals surface area contributed by atoms with Gasteiger partial charge in [0, 0.05) is 0 Å². The van der Waals surface area contributed by atoms with Gasteiger partial charge in [0.25, 0.3) is 0 Å². The molecule has 0 fully saturated rings. The van der Waals surface area contributed by atoms with Crippen LogP contribution in [0.3, 0.4) is 0 Å². The summed E-state index contributed by atoms with van der Waals surface area (Å²) in [4.78, 5) is 0. The van der Waals surface area contributed by atoms with Crippen LogP contribution in [0.2, 0.25) is 0 Å². The van der Waals surface area contributed by atoms with Crippen LogP contribution in [-0.4, -0.2) is 5.16 Å². The average Bonchev–Trinajstić information content (AvgIpc) is 2.22. The van der Waals surface area contributed by atoms with Gasteiger partial charge in [0.2, 0.25) is 0 Å². The molecule has 0 aliphatic heterocycles. The van der Waals surface area contributed by atoms with Crippen molar-refractivity contribution in [3.05, 3.63) is 20.6 Å². The smallest absolute Gasteiger partial charge is 1.00 e. The van der Waals surface area contributed by atoms with Gasteiger partial charge < -0.3 is 24.8 Å². The topological polar surface area (TPSA) is 34.1 Å². The molecule has 1 unspecified atom stereocenters. The molecule has 0 saturated heterocycles. The van der Waals surface area contributed by atoms with Crippen LogP contribution in [0.15, 0.2) is 20.6 Å². The summed E-state index contributed by atoms with van der Waals surface area (Å²) < 4.78 is 23.4. The Kier molecular flexibility index (Phi) is 7.03. The van der Waals surface area contributed by atoms with E-state index in [4.69, 9.17) is 0 Å². The molecule has 1 aliphatic rings. The maximum absolute atomic E-state index is 11.2. The zero-order chi connectivity index (χ0) is 10.4. The van der Waals surface area contributed by atoms with Crippen molar-refractivity contribution in [2.45, 2.75) is 32.9 Å². The molecule has 0 bridgehead atoms. The second-order valence-electron chi connectivity index (χ2n) is 3.58. The van der Waals surface area contributed by atoms with Crippen molar-refractivity contribution >= 4 is 7.68 Å². The molecule has 0 amide bonds. The number of hydrogen-bond donors (Lipinski definition) is 0. The average molecular weight is 302 g/mol. The van der Waals surface area contributed by atoms with Crippen LogP contribution < -0.4 is 24.8 Å². The normalized spacial score (nSPS) is 24.9. The summed E-state index contributed by atoms with van der Waals surface area (Å²) in [5.41, 5.74) is 3.22. The van der Waals surface area contributed by atoms with E-state index in [2.05, 4.69) is 0 Å². The Morgan fingerprint density at radius 3 is 1.60 bits per heavy atom. The Hall–Kier alpha value is 0.674. The predicted molar refractivity (Wildman–Crippen MR) is 47.8 cm³/mol. The summed E-state index contributed by atoms with van der Waals surface area (Å²) in [6.07, 6.45) is 0. The van der Waals surface area contributed by atoms with Gasteiger partial charge in [-0.2, -0.15) is 0 Å². The minimum atomic E-state index is -2.43. The SMILES string of the molecule is CC1=C(C)C(C)(P(=O)=O)[C]([Ti+2])=C1C.[Cl-].[Cl-]. The Labute approximate surface area is 115 Å². The summed E-state index contributed by atoms with van der Waals surface area (Å²) in [6.45, 7) is 7.65. The maximum Gasteiger partial charge on any atom is -1.00 e. The number of rotatable bonds is 1. The largest absolute Gasteiger partial charge is 1.00 e. The zero-order valence-electron chi connectivity index (χ0n) is 9.02. The van der Waals surface area contributed by atoms with E-state index in [0.717, 1.165) is 20.6 Å². The minimum Gasteiger partial charge on any atom is -1.00 e. The molecule has 1 aliphatic carbocycles. The molecule has 83 valence electrons. The van der Waals surface area contributed by atoms with Gasteiger partial charge in [-0.05, 0) is 0 Å². The Morgan fingerprint density at radius 1 is 1.07 bits per heavy atom.